The molecule has 0 aliphatic heterocycles. The van der Waals surface area contributed by atoms with Gasteiger partial charge in [-0.1, -0.05) is 54.6 Å². The first kappa shape index (κ1) is 18.4. The molecule has 6 aromatic rings. The van der Waals surface area contributed by atoms with Crippen molar-refractivity contribution in [3.05, 3.63) is 95.3 Å². The van der Waals surface area contributed by atoms with Crippen molar-refractivity contribution in [2.45, 2.75) is 0 Å². The Balaban J connectivity index is 1.69. The molecule has 0 aliphatic rings. The summed E-state index contributed by atoms with van der Waals surface area (Å²) in [5, 5.41) is 1.66. The molecule has 0 radical (unpaired) electrons. The first-order valence-electron chi connectivity index (χ1n) is 10.2. The minimum absolute atomic E-state index is 0.384. The van der Waals surface area contributed by atoms with Crippen molar-refractivity contribution in [1.82, 2.24) is 4.98 Å². The van der Waals surface area contributed by atoms with Crippen LogP contribution in [0, 0.1) is 0 Å². The minimum atomic E-state index is -0.472. The normalized spacial score (nSPS) is 11.4. The van der Waals surface area contributed by atoms with Crippen LogP contribution in [0.5, 0.6) is 5.75 Å². The molecular weight excluding hydrogens is 402 g/mol. The van der Waals surface area contributed by atoms with Gasteiger partial charge in [0.25, 0.3) is 0 Å². The molecule has 3 heterocycles. The molecule has 0 saturated carbocycles. The summed E-state index contributed by atoms with van der Waals surface area (Å²) < 4.78 is 17.2. The van der Waals surface area contributed by atoms with E-state index in [1.807, 2.05) is 72.8 Å². The molecule has 5 heteroatoms. The third-order valence-electron chi connectivity index (χ3n) is 5.63. The lowest BCUT2D eigenvalue weighted by molar-refractivity contribution is 0.407. The fourth-order valence-electron chi connectivity index (χ4n) is 4.11. The highest BCUT2D eigenvalue weighted by atomic mass is 16.5. The Bertz CT molecular complexity index is 1680. The molecule has 0 amide bonds. The molecule has 0 spiro atoms. The van der Waals surface area contributed by atoms with Gasteiger partial charge >= 0.3 is 5.63 Å². The second-order valence-electron chi connectivity index (χ2n) is 7.52. The Morgan fingerprint density at radius 1 is 0.781 bits per heavy atom. The Labute approximate surface area is 182 Å². The zero-order chi connectivity index (χ0) is 21.7. The van der Waals surface area contributed by atoms with Crippen LogP contribution in [-0.2, 0) is 0 Å². The van der Waals surface area contributed by atoms with Crippen LogP contribution in [-0.4, -0.2) is 12.1 Å². The van der Waals surface area contributed by atoms with Crippen molar-refractivity contribution in [3.63, 3.8) is 0 Å². The molecule has 154 valence electrons. The highest BCUT2D eigenvalue weighted by Gasteiger charge is 2.19. The Morgan fingerprint density at radius 2 is 1.59 bits per heavy atom. The van der Waals surface area contributed by atoms with Crippen LogP contribution in [0.15, 0.2) is 98.6 Å². The topological polar surface area (TPSA) is 65.5 Å². The van der Waals surface area contributed by atoms with Crippen LogP contribution >= 0.6 is 0 Å². The monoisotopic (exact) mass is 419 g/mol. The van der Waals surface area contributed by atoms with E-state index in [9.17, 15) is 4.79 Å². The molecule has 0 saturated heterocycles. The van der Waals surface area contributed by atoms with Crippen molar-refractivity contribution < 1.29 is 13.6 Å². The van der Waals surface area contributed by atoms with E-state index in [0.717, 1.165) is 27.5 Å². The molecular formula is C27H17NO4. The van der Waals surface area contributed by atoms with Crippen molar-refractivity contribution in [3.8, 4) is 28.1 Å². The fraction of sp³-hybridized carbons (Fsp3) is 0.0370. The number of hydrogen-bond donors (Lipinski definition) is 0. The van der Waals surface area contributed by atoms with E-state index in [1.54, 1.807) is 19.2 Å². The van der Waals surface area contributed by atoms with Gasteiger partial charge in [-0.2, -0.15) is 0 Å². The van der Waals surface area contributed by atoms with E-state index in [-0.39, 0.29) is 0 Å². The van der Waals surface area contributed by atoms with Gasteiger partial charge in [-0.15, -0.1) is 0 Å². The van der Waals surface area contributed by atoms with Crippen molar-refractivity contribution in [1.29, 1.82) is 0 Å². The second-order valence-corrected chi connectivity index (χ2v) is 7.52. The molecule has 0 bridgehead atoms. The fourth-order valence-corrected chi connectivity index (χ4v) is 4.11. The van der Waals surface area contributed by atoms with Gasteiger partial charge in [-0.05, 0) is 35.9 Å². The molecule has 0 unspecified atom stereocenters. The smallest absolute Gasteiger partial charge is 0.345 e. The zero-order valence-electron chi connectivity index (χ0n) is 17.2. The average Bonchev–Trinajstić information content (AvgIpc) is 3.22. The molecule has 3 aromatic heterocycles. The summed E-state index contributed by atoms with van der Waals surface area (Å²) in [6, 6.07) is 26.9. The van der Waals surface area contributed by atoms with Crippen LogP contribution in [0.2, 0.25) is 0 Å². The van der Waals surface area contributed by atoms with Crippen LogP contribution in [0.3, 0.4) is 0 Å². The standard InChI is InChI=1S/C27H17NO4/c1-30-23-13-7-10-17-14-20(27(29)32-25(17)23)21-15-19(16-8-3-2-4-9-16)26-24(28-21)18-11-5-6-12-22(18)31-26/h2-15H,1H3. The first-order chi connectivity index (χ1) is 15.7. The van der Waals surface area contributed by atoms with E-state index < -0.39 is 5.63 Å². The maximum absolute atomic E-state index is 13.0. The predicted octanol–water partition coefficient (Wildman–Crippen LogP) is 6.43. The second kappa shape index (κ2) is 7.10. The number of furan rings is 1. The summed E-state index contributed by atoms with van der Waals surface area (Å²) in [5.41, 5.74) is 4.85. The highest BCUT2D eigenvalue weighted by Crippen LogP contribution is 2.37. The number of ether oxygens (including phenoxy) is 1. The lowest BCUT2D eigenvalue weighted by atomic mass is 10.0. The summed E-state index contributed by atoms with van der Waals surface area (Å²) in [7, 11) is 1.55. The highest BCUT2D eigenvalue weighted by molar-refractivity contribution is 6.08. The zero-order valence-corrected chi connectivity index (χ0v) is 17.2. The molecule has 32 heavy (non-hydrogen) atoms. The predicted molar refractivity (Wildman–Crippen MR) is 125 cm³/mol. The van der Waals surface area contributed by atoms with E-state index in [0.29, 0.717) is 33.7 Å². The average molecular weight is 419 g/mol. The van der Waals surface area contributed by atoms with Crippen molar-refractivity contribution in [2.75, 3.05) is 7.11 Å². The number of methoxy groups -OCH3 is 1. The minimum Gasteiger partial charge on any atom is -0.493 e. The Kier molecular flexibility index (Phi) is 4.08. The van der Waals surface area contributed by atoms with Gasteiger partial charge in [0.15, 0.2) is 16.9 Å². The van der Waals surface area contributed by atoms with Gasteiger partial charge in [0.05, 0.1) is 18.4 Å². The van der Waals surface area contributed by atoms with Crippen LogP contribution in [0.4, 0.5) is 0 Å². The van der Waals surface area contributed by atoms with E-state index in [4.69, 9.17) is 18.6 Å². The van der Waals surface area contributed by atoms with Crippen LogP contribution < -0.4 is 10.4 Å². The van der Waals surface area contributed by atoms with Gasteiger partial charge in [-0.3, -0.25) is 0 Å². The number of aromatic nitrogens is 1. The summed E-state index contributed by atoms with van der Waals surface area (Å²) >= 11 is 0. The SMILES string of the molecule is COc1cccc2cc(-c3cc(-c4ccccc4)c4oc5ccccc5c4n3)c(=O)oc12. The van der Waals surface area contributed by atoms with Crippen LogP contribution in [0.25, 0.3) is 55.4 Å². The summed E-state index contributed by atoms with van der Waals surface area (Å²) in [6.07, 6.45) is 0. The van der Waals surface area contributed by atoms with E-state index in [2.05, 4.69) is 0 Å². The molecule has 0 atom stereocenters. The molecule has 0 aliphatic carbocycles. The van der Waals surface area contributed by atoms with Crippen molar-refractivity contribution in [2.24, 2.45) is 0 Å². The van der Waals surface area contributed by atoms with Gasteiger partial charge in [0.1, 0.15) is 11.1 Å². The third kappa shape index (κ3) is 2.79. The van der Waals surface area contributed by atoms with E-state index >= 15 is 0 Å². The Morgan fingerprint density at radius 3 is 2.44 bits per heavy atom. The largest absolute Gasteiger partial charge is 0.493 e. The summed E-state index contributed by atoms with van der Waals surface area (Å²) in [6.45, 7) is 0. The lowest BCUT2D eigenvalue weighted by Gasteiger charge is -2.08. The summed E-state index contributed by atoms with van der Waals surface area (Å²) in [5.74, 6) is 0.514. The number of pyridine rings is 1. The van der Waals surface area contributed by atoms with Gasteiger partial charge < -0.3 is 13.6 Å². The number of fused-ring (bicyclic) bond motifs is 4. The number of para-hydroxylation sites is 2. The van der Waals surface area contributed by atoms with Gasteiger partial charge in [0, 0.05) is 16.3 Å². The molecule has 0 N–H and O–H groups in total. The van der Waals surface area contributed by atoms with E-state index in [1.165, 1.54) is 0 Å². The number of nitrogens with zero attached hydrogens (tertiary/aromatic N) is 1. The lowest BCUT2D eigenvalue weighted by Crippen LogP contribution is -2.05. The quantitative estimate of drug-likeness (QED) is 0.309. The number of hydrogen-bond acceptors (Lipinski definition) is 5. The molecule has 0 fully saturated rings. The van der Waals surface area contributed by atoms with Gasteiger partial charge in [-0.25, -0.2) is 9.78 Å². The molecule has 6 rings (SSSR count). The van der Waals surface area contributed by atoms with Gasteiger partial charge in [0.2, 0.25) is 0 Å². The maximum Gasteiger partial charge on any atom is 0.345 e. The van der Waals surface area contributed by atoms with Crippen LogP contribution in [0.1, 0.15) is 0 Å². The third-order valence-corrected chi connectivity index (χ3v) is 5.63. The Hall–Kier alpha value is -4.38. The maximum atomic E-state index is 13.0. The number of rotatable bonds is 3. The van der Waals surface area contributed by atoms with Crippen molar-refractivity contribution >= 4 is 33.0 Å². The number of benzene rings is 3. The summed E-state index contributed by atoms with van der Waals surface area (Å²) in [4.78, 5) is 17.8. The molecule has 5 nitrogen and oxygen atoms in total. The first-order valence-corrected chi connectivity index (χ1v) is 10.2. The molecule has 3 aromatic carbocycles.